The number of hydrogen-bond acceptors (Lipinski definition) is 6. The van der Waals surface area contributed by atoms with Gasteiger partial charge in [0.1, 0.15) is 12.1 Å². The van der Waals surface area contributed by atoms with Gasteiger partial charge in [-0.25, -0.2) is 4.98 Å². The van der Waals surface area contributed by atoms with Crippen LogP contribution in [0.3, 0.4) is 0 Å². The summed E-state index contributed by atoms with van der Waals surface area (Å²) in [5, 5.41) is 13.9. The standard InChI is InChI=1S/C35H44N4O4S/c1-20(25-14-13-22(15-27(25)34(3,4)5)29-21(2)36-19-44-29)37-31(41)28-16-24(40)18-38(28)33(43)30(35(6,7)8)39-17-23-11-9-10-12-26(23)32(39)42/h9-15,19-20,24,28,30,40H,16-18H2,1-8H3,(H,37,41)/t20-,24+,28-,30+/m0/s1. The quantitative estimate of drug-likeness (QED) is 0.374. The first-order chi connectivity index (χ1) is 20.6. The van der Waals surface area contributed by atoms with Gasteiger partial charge >= 0.3 is 0 Å². The molecule has 0 bridgehead atoms. The van der Waals surface area contributed by atoms with Crippen LogP contribution in [0.1, 0.15) is 93.7 Å². The molecule has 2 aliphatic heterocycles. The third-order valence-electron chi connectivity index (χ3n) is 8.77. The molecule has 3 heterocycles. The minimum absolute atomic E-state index is 0.0446. The first-order valence-electron chi connectivity index (χ1n) is 15.3. The van der Waals surface area contributed by atoms with E-state index >= 15 is 0 Å². The lowest BCUT2D eigenvalue weighted by Gasteiger charge is -2.40. The third kappa shape index (κ3) is 6.04. The Morgan fingerprint density at radius 2 is 1.80 bits per heavy atom. The molecule has 0 unspecified atom stereocenters. The highest BCUT2D eigenvalue weighted by Gasteiger charge is 2.48. The summed E-state index contributed by atoms with van der Waals surface area (Å²) in [4.78, 5) is 50.3. The number of aliphatic hydroxyl groups excluding tert-OH is 1. The zero-order chi connectivity index (χ0) is 32.1. The smallest absolute Gasteiger partial charge is 0.255 e. The maximum Gasteiger partial charge on any atom is 0.255 e. The van der Waals surface area contributed by atoms with Crippen LogP contribution in [-0.4, -0.2) is 62.3 Å². The van der Waals surface area contributed by atoms with E-state index < -0.39 is 23.6 Å². The van der Waals surface area contributed by atoms with Gasteiger partial charge in [-0.15, -0.1) is 11.3 Å². The van der Waals surface area contributed by atoms with E-state index in [1.165, 1.54) is 4.90 Å². The number of benzene rings is 2. The molecule has 0 saturated carbocycles. The highest BCUT2D eigenvalue weighted by atomic mass is 32.1. The summed E-state index contributed by atoms with van der Waals surface area (Å²) in [6, 6.07) is 11.8. The number of amides is 3. The monoisotopic (exact) mass is 616 g/mol. The van der Waals surface area contributed by atoms with E-state index in [1.807, 2.05) is 58.3 Å². The molecule has 3 amide bonds. The van der Waals surface area contributed by atoms with Crippen molar-refractivity contribution in [3.05, 3.63) is 75.9 Å². The number of aliphatic hydroxyl groups is 1. The molecule has 2 aliphatic rings. The fourth-order valence-electron chi connectivity index (χ4n) is 6.61. The molecule has 2 N–H and O–H groups in total. The minimum Gasteiger partial charge on any atom is -0.391 e. The first kappa shape index (κ1) is 31.9. The van der Waals surface area contributed by atoms with Crippen molar-refractivity contribution in [2.24, 2.45) is 5.41 Å². The van der Waals surface area contributed by atoms with Crippen LogP contribution in [0, 0.1) is 12.3 Å². The number of aromatic nitrogens is 1. The average Bonchev–Trinajstić information content (AvgIpc) is 3.64. The molecular weight excluding hydrogens is 572 g/mol. The van der Waals surface area contributed by atoms with Crippen LogP contribution in [0.5, 0.6) is 0 Å². The fraction of sp³-hybridized carbons (Fsp3) is 0.486. The van der Waals surface area contributed by atoms with E-state index in [-0.39, 0.29) is 42.1 Å². The van der Waals surface area contributed by atoms with Crippen molar-refractivity contribution in [2.45, 2.75) is 98.0 Å². The molecule has 44 heavy (non-hydrogen) atoms. The van der Waals surface area contributed by atoms with Crippen molar-refractivity contribution in [1.29, 1.82) is 0 Å². The van der Waals surface area contributed by atoms with Crippen molar-refractivity contribution in [3.63, 3.8) is 0 Å². The summed E-state index contributed by atoms with van der Waals surface area (Å²) in [7, 11) is 0. The van der Waals surface area contributed by atoms with Gasteiger partial charge in [0.2, 0.25) is 11.8 Å². The van der Waals surface area contributed by atoms with E-state index in [9.17, 15) is 19.5 Å². The third-order valence-corrected chi connectivity index (χ3v) is 9.75. The molecule has 2 aromatic carbocycles. The summed E-state index contributed by atoms with van der Waals surface area (Å²) >= 11 is 1.61. The van der Waals surface area contributed by atoms with Gasteiger partial charge in [-0.1, -0.05) is 71.9 Å². The summed E-state index contributed by atoms with van der Waals surface area (Å²) < 4.78 is 0. The Labute approximate surface area is 264 Å². The molecule has 0 spiro atoms. The molecule has 8 nitrogen and oxygen atoms in total. The Bertz CT molecular complexity index is 1580. The Hall–Kier alpha value is -3.56. The molecule has 5 rings (SSSR count). The number of aryl methyl sites for hydroxylation is 1. The molecule has 3 aromatic rings. The molecule has 4 atom stereocenters. The maximum atomic E-state index is 14.3. The van der Waals surface area contributed by atoms with E-state index in [4.69, 9.17) is 0 Å². The number of hydrogen-bond donors (Lipinski definition) is 2. The van der Waals surface area contributed by atoms with Crippen molar-refractivity contribution in [2.75, 3.05) is 6.54 Å². The fourth-order valence-corrected chi connectivity index (χ4v) is 7.41. The van der Waals surface area contributed by atoms with E-state index in [2.05, 4.69) is 49.3 Å². The van der Waals surface area contributed by atoms with Crippen LogP contribution < -0.4 is 5.32 Å². The van der Waals surface area contributed by atoms with Crippen molar-refractivity contribution in [3.8, 4) is 10.4 Å². The maximum absolute atomic E-state index is 14.3. The average molecular weight is 617 g/mol. The topological polar surface area (TPSA) is 103 Å². The lowest BCUT2D eigenvalue weighted by atomic mass is 9.81. The molecule has 1 fully saturated rings. The van der Waals surface area contributed by atoms with Gasteiger partial charge in [-0.2, -0.15) is 0 Å². The Morgan fingerprint density at radius 1 is 1.09 bits per heavy atom. The van der Waals surface area contributed by atoms with Crippen LogP contribution >= 0.6 is 11.3 Å². The summed E-state index contributed by atoms with van der Waals surface area (Å²) in [6.45, 7) is 16.6. The number of thiazole rings is 1. The number of nitrogens with zero attached hydrogens (tertiary/aromatic N) is 3. The summed E-state index contributed by atoms with van der Waals surface area (Å²) in [5.74, 6) is -0.814. The van der Waals surface area contributed by atoms with Gasteiger partial charge in [0, 0.05) is 25.1 Å². The zero-order valence-electron chi connectivity index (χ0n) is 27.0. The van der Waals surface area contributed by atoms with Gasteiger partial charge in [-0.3, -0.25) is 14.4 Å². The second kappa shape index (κ2) is 11.7. The van der Waals surface area contributed by atoms with Gasteiger partial charge < -0.3 is 20.2 Å². The minimum atomic E-state index is -0.845. The second-order valence-corrected chi connectivity index (χ2v) is 15.2. The lowest BCUT2D eigenvalue weighted by Crippen LogP contribution is -2.58. The number of likely N-dealkylation sites (tertiary alicyclic amines) is 1. The van der Waals surface area contributed by atoms with E-state index in [1.54, 1.807) is 22.3 Å². The Kier molecular flexibility index (Phi) is 8.50. The predicted octanol–water partition coefficient (Wildman–Crippen LogP) is 5.63. The SMILES string of the molecule is Cc1ncsc1-c1ccc([C@H](C)NC(=O)[C@@H]2C[C@@H](O)CN2C(=O)[C@@H](N2Cc3ccccc3C2=O)C(C)(C)C)c(C(C)(C)C)c1. The van der Waals surface area contributed by atoms with Crippen LogP contribution in [0.2, 0.25) is 0 Å². The summed E-state index contributed by atoms with van der Waals surface area (Å²) in [6.07, 6.45) is -0.686. The molecule has 0 radical (unpaired) electrons. The Balaban J connectivity index is 1.39. The second-order valence-electron chi connectivity index (χ2n) is 14.3. The van der Waals surface area contributed by atoms with Crippen LogP contribution in [0.15, 0.2) is 48.0 Å². The molecule has 1 aromatic heterocycles. The first-order valence-corrected chi connectivity index (χ1v) is 16.2. The zero-order valence-corrected chi connectivity index (χ0v) is 27.8. The van der Waals surface area contributed by atoms with Crippen molar-refractivity contribution < 1.29 is 19.5 Å². The number of carbonyl (C=O) groups is 3. The van der Waals surface area contributed by atoms with Gasteiger partial charge in [0.15, 0.2) is 0 Å². The molecule has 1 saturated heterocycles. The molecule has 234 valence electrons. The predicted molar refractivity (Wildman–Crippen MR) is 173 cm³/mol. The number of carbonyl (C=O) groups excluding carboxylic acids is 3. The van der Waals surface area contributed by atoms with E-state index in [0.717, 1.165) is 32.8 Å². The normalized spacial score (nSPS) is 20.1. The molecular formula is C35H44N4O4S. The van der Waals surface area contributed by atoms with Crippen molar-refractivity contribution >= 4 is 29.1 Å². The van der Waals surface area contributed by atoms with Crippen LogP contribution in [0.25, 0.3) is 10.4 Å². The van der Waals surface area contributed by atoms with Crippen LogP contribution in [-0.2, 0) is 21.5 Å². The van der Waals surface area contributed by atoms with Gasteiger partial charge in [0.05, 0.1) is 28.2 Å². The number of nitrogens with one attached hydrogen (secondary N) is 1. The number of β-amino-alcohol motifs (C(OH)–C–C–N with tert-alkyl or cyclic N) is 1. The van der Waals surface area contributed by atoms with E-state index in [0.29, 0.717) is 12.1 Å². The highest BCUT2D eigenvalue weighted by Crippen LogP contribution is 2.37. The van der Waals surface area contributed by atoms with Gasteiger partial charge in [-0.05, 0) is 59.1 Å². The number of rotatable bonds is 6. The Morgan fingerprint density at radius 3 is 2.41 bits per heavy atom. The van der Waals surface area contributed by atoms with Crippen LogP contribution in [0.4, 0.5) is 0 Å². The van der Waals surface area contributed by atoms with Gasteiger partial charge in [0.25, 0.3) is 5.91 Å². The molecule has 0 aliphatic carbocycles. The summed E-state index contributed by atoms with van der Waals surface area (Å²) in [5.41, 5.74) is 6.76. The number of fused-ring (bicyclic) bond motifs is 1. The highest BCUT2D eigenvalue weighted by molar-refractivity contribution is 7.13. The largest absolute Gasteiger partial charge is 0.391 e. The lowest BCUT2D eigenvalue weighted by molar-refractivity contribution is -0.145. The molecule has 9 heteroatoms. The van der Waals surface area contributed by atoms with Crippen molar-refractivity contribution in [1.82, 2.24) is 20.1 Å².